The molecule has 2 nitrogen and oxygen atoms in total. The zero-order valence-corrected chi connectivity index (χ0v) is 8.00. The van der Waals surface area contributed by atoms with Crippen molar-refractivity contribution in [2.45, 2.75) is 19.1 Å². The molecule has 0 heterocycles. The van der Waals surface area contributed by atoms with Crippen molar-refractivity contribution in [3.05, 3.63) is 35.4 Å². The Balaban J connectivity index is 2.95. The Morgan fingerprint density at radius 1 is 1.36 bits per heavy atom. The normalized spacial score (nSPS) is 15.2. The zero-order chi connectivity index (χ0) is 10.7. The third-order valence-electron chi connectivity index (χ3n) is 2.10. The molecule has 0 fully saturated rings. The van der Waals surface area contributed by atoms with E-state index < -0.39 is 23.8 Å². The Kier molecular flexibility index (Phi) is 3.55. The highest BCUT2D eigenvalue weighted by molar-refractivity contribution is 5.21. The maximum absolute atomic E-state index is 13.1. The van der Waals surface area contributed by atoms with Gasteiger partial charge in [-0.3, -0.25) is 0 Å². The number of rotatable bonds is 3. The predicted molar refractivity (Wildman–Crippen MR) is 47.8 cm³/mol. The molecule has 0 spiro atoms. The number of ether oxygens (including phenoxy) is 1. The van der Waals surface area contributed by atoms with Crippen molar-refractivity contribution in [2.75, 3.05) is 7.11 Å². The highest BCUT2D eigenvalue weighted by Gasteiger charge is 2.19. The first-order valence-corrected chi connectivity index (χ1v) is 4.22. The maximum Gasteiger partial charge on any atom is 0.132 e. The number of methoxy groups -OCH3 is 1. The monoisotopic (exact) mass is 202 g/mol. The van der Waals surface area contributed by atoms with Gasteiger partial charge >= 0.3 is 0 Å². The summed E-state index contributed by atoms with van der Waals surface area (Å²) in [5.41, 5.74) is 0.0424. The standard InChI is InChI=1S/C10H12F2O2/c1-6(14-2)10(13)8-4-3-7(11)5-9(8)12/h3-6,10,13H,1-2H3. The first kappa shape index (κ1) is 11.1. The molecule has 1 aromatic carbocycles. The second kappa shape index (κ2) is 4.48. The lowest BCUT2D eigenvalue weighted by molar-refractivity contribution is -0.00318. The van der Waals surface area contributed by atoms with Crippen molar-refractivity contribution >= 4 is 0 Å². The van der Waals surface area contributed by atoms with Crippen LogP contribution >= 0.6 is 0 Å². The molecule has 14 heavy (non-hydrogen) atoms. The van der Waals surface area contributed by atoms with E-state index in [4.69, 9.17) is 4.74 Å². The molecular formula is C10H12F2O2. The Hall–Kier alpha value is -1.00. The molecule has 78 valence electrons. The molecule has 0 saturated heterocycles. The van der Waals surface area contributed by atoms with Gasteiger partial charge in [0.1, 0.15) is 17.7 Å². The van der Waals surface area contributed by atoms with Crippen LogP contribution in [0.1, 0.15) is 18.6 Å². The van der Waals surface area contributed by atoms with Crippen LogP contribution in [-0.4, -0.2) is 18.3 Å². The molecule has 2 unspecified atom stereocenters. The summed E-state index contributed by atoms with van der Waals surface area (Å²) >= 11 is 0. The molecule has 0 aliphatic rings. The Labute approximate surface area is 81.1 Å². The molecule has 1 N–H and O–H groups in total. The summed E-state index contributed by atoms with van der Waals surface area (Å²) in [6, 6.07) is 3.05. The van der Waals surface area contributed by atoms with Crippen LogP contribution in [0.3, 0.4) is 0 Å². The fourth-order valence-corrected chi connectivity index (χ4v) is 1.12. The lowest BCUT2D eigenvalue weighted by atomic mass is 10.0. The van der Waals surface area contributed by atoms with Gasteiger partial charge in [-0.1, -0.05) is 6.07 Å². The Bertz CT molecular complexity index is 315. The molecular weight excluding hydrogens is 190 g/mol. The van der Waals surface area contributed by atoms with Crippen molar-refractivity contribution in [2.24, 2.45) is 0 Å². The summed E-state index contributed by atoms with van der Waals surface area (Å²) in [5, 5.41) is 9.57. The van der Waals surface area contributed by atoms with Gasteiger partial charge in [0, 0.05) is 18.7 Å². The van der Waals surface area contributed by atoms with Crippen molar-refractivity contribution in [3.8, 4) is 0 Å². The van der Waals surface area contributed by atoms with Gasteiger partial charge in [0.2, 0.25) is 0 Å². The molecule has 0 aliphatic carbocycles. The van der Waals surface area contributed by atoms with Gasteiger partial charge in [-0.25, -0.2) is 8.78 Å². The fraction of sp³-hybridized carbons (Fsp3) is 0.400. The van der Waals surface area contributed by atoms with Crippen molar-refractivity contribution in [1.29, 1.82) is 0 Å². The third-order valence-corrected chi connectivity index (χ3v) is 2.10. The smallest absolute Gasteiger partial charge is 0.132 e. The zero-order valence-electron chi connectivity index (χ0n) is 8.00. The highest BCUT2D eigenvalue weighted by atomic mass is 19.1. The van der Waals surface area contributed by atoms with E-state index in [1.54, 1.807) is 6.92 Å². The first-order valence-electron chi connectivity index (χ1n) is 4.22. The second-order valence-electron chi connectivity index (χ2n) is 3.05. The fourth-order valence-electron chi connectivity index (χ4n) is 1.12. The SMILES string of the molecule is COC(C)C(O)c1ccc(F)cc1F. The molecule has 1 aromatic rings. The molecule has 1 rings (SSSR count). The molecule has 0 radical (unpaired) electrons. The Morgan fingerprint density at radius 2 is 2.00 bits per heavy atom. The van der Waals surface area contributed by atoms with Crippen LogP contribution in [0.15, 0.2) is 18.2 Å². The van der Waals surface area contributed by atoms with E-state index in [1.807, 2.05) is 0 Å². The van der Waals surface area contributed by atoms with Crippen LogP contribution in [0, 0.1) is 11.6 Å². The van der Waals surface area contributed by atoms with Crippen LogP contribution < -0.4 is 0 Å². The van der Waals surface area contributed by atoms with Gasteiger partial charge in [0.05, 0.1) is 6.10 Å². The van der Waals surface area contributed by atoms with Crippen LogP contribution in [0.5, 0.6) is 0 Å². The van der Waals surface area contributed by atoms with Gasteiger partial charge in [0.15, 0.2) is 0 Å². The van der Waals surface area contributed by atoms with Gasteiger partial charge in [-0.2, -0.15) is 0 Å². The molecule has 0 amide bonds. The summed E-state index contributed by atoms with van der Waals surface area (Å²) < 4.78 is 30.5. The minimum Gasteiger partial charge on any atom is -0.386 e. The minimum atomic E-state index is -1.08. The van der Waals surface area contributed by atoms with Gasteiger partial charge in [-0.05, 0) is 13.0 Å². The lowest BCUT2D eigenvalue weighted by Gasteiger charge is -2.17. The number of halogens is 2. The van der Waals surface area contributed by atoms with Crippen molar-refractivity contribution in [3.63, 3.8) is 0 Å². The van der Waals surface area contributed by atoms with E-state index in [2.05, 4.69) is 0 Å². The number of aliphatic hydroxyl groups is 1. The van der Waals surface area contributed by atoms with Gasteiger partial charge in [0.25, 0.3) is 0 Å². The quantitative estimate of drug-likeness (QED) is 0.812. The molecule has 4 heteroatoms. The number of hydrogen-bond donors (Lipinski definition) is 1. The molecule has 0 bridgehead atoms. The maximum atomic E-state index is 13.1. The summed E-state index contributed by atoms with van der Waals surface area (Å²) in [6.07, 6.45) is -1.62. The number of hydrogen-bond acceptors (Lipinski definition) is 2. The summed E-state index contributed by atoms with van der Waals surface area (Å²) in [4.78, 5) is 0. The predicted octanol–water partition coefficient (Wildman–Crippen LogP) is 2.03. The largest absolute Gasteiger partial charge is 0.386 e. The van der Waals surface area contributed by atoms with Gasteiger partial charge < -0.3 is 9.84 Å². The molecule has 2 atom stereocenters. The summed E-state index contributed by atoms with van der Waals surface area (Å²) in [7, 11) is 1.41. The summed E-state index contributed by atoms with van der Waals surface area (Å²) in [5.74, 6) is -1.43. The second-order valence-corrected chi connectivity index (χ2v) is 3.05. The van der Waals surface area contributed by atoms with Crippen LogP contribution in [0.25, 0.3) is 0 Å². The summed E-state index contributed by atoms with van der Waals surface area (Å²) in [6.45, 7) is 1.60. The average Bonchev–Trinajstić information content (AvgIpc) is 2.15. The van der Waals surface area contributed by atoms with E-state index in [-0.39, 0.29) is 5.56 Å². The topological polar surface area (TPSA) is 29.5 Å². The van der Waals surface area contributed by atoms with Crippen molar-refractivity contribution < 1.29 is 18.6 Å². The number of aliphatic hydroxyl groups excluding tert-OH is 1. The molecule has 0 aromatic heterocycles. The number of benzene rings is 1. The van der Waals surface area contributed by atoms with E-state index in [0.29, 0.717) is 0 Å². The van der Waals surface area contributed by atoms with E-state index in [1.165, 1.54) is 13.2 Å². The Morgan fingerprint density at radius 3 is 2.50 bits per heavy atom. The van der Waals surface area contributed by atoms with E-state index in [0.717, 1.165) is 12.1 Å². The van der Waals surface area contributed by atoms with Crippen LogP contribution in [0.2, 0.25) is 0 Å². The van der Waals surface area contributed by atoms with E-state index >= 15 is 0 Å². The molecule has 0 saturated carbocycles. The highest BCUT2D eigenvalue weighted by Crippen LogP contribution is 2.22. The molecule has 0 aliphatic heterocycles. The van der Waals surface area contributed by atoms with Gasteiger partial charge in [-0.15, -0.1) is 0 Å². The first-order chi connectivity index (χ1) is 6.56. The average molecular weight is 202 g/mol. The minimum absolute atomic E-state index is 0.0424. The van der Waals surface area contributed by atoms with Crippen molar-refractivity contribution in [1.82, 2.24) is 0 Å². The van der Waals surface area contributed by atoms with E-state index in [9.17, 15) is 13.9 Å². The lowest BCUT2D eigenvalue weighted by Crippen LogP contribution is -2.18. The third kappa shape index (κ3) is 2.27. The van der Waals surface area contributed by atoms with Crippen LogP contribution in [-0.2, 0) is 4.74 Å². The van der Waals surface area contributed by atoms with Crippen LogP contribution in [0.4, 0.5) is 8.78 Å².